The van der Waals surface area contributed by atoms with Gasteiger partial charge >= 0.3 is 6.03 Å². The van der Waals surface area contributed by atoms with Crippen LogP contribution in [-0.2, 0) is 13.5 Å². The average Bonchev–Trinajstić information content (AvgIpc) is 2.95. The fraction of sp³-hybridized carbons (Fsp3) is 0.500. The summed E-state index contributed by atoms with van der Waals surface area (Å²) in [6.45, 7) is 6.58. The molecule has 6 nitrogen and oxygen atoms in total. The number of hydrogen-bond donors (Lipinski definition) is 3. The van der Waals surface area contributed by atoms with Crippen LogP contribution < -0.4 is 10.6 Å². The lowest BCUT2D eigenvalue weighted by molar-refractivity contribution is 0.130. The van der Waals surface area contributed by atoms with E-state index >= 15 is 0 Å². The molecule has 6 heteroatoms. The monoisotopic (exact) mass is 358 g/mol. The lowest BCUT2D eigenvalue weighted by atomic mass is 9.75. The van der Waals surface area contributed by atoms with E-state index in [2.05, 4.69) is 22.7 Å². The molecule has 1 aromatic heterocycles. The van der Waals surface area contributed by atoms with Gasteiger partial charge in [0.1, 0.15) is 5.82 Å². The molecule has 0 bridgehead atoms. The number of carbonyl (C=O) groups is 1. The summed E-state index contributed by atoms with van der Waals surface area (Å²) >= 11 is 0. The summed E-state index contributed by atoms with van der Waals surface area (Å²) in [6.07, 6.45) is 1.90. The van der Waals surface area contributed by atoms with Crippen molar-refractivity contribution in [3.8, 4) is 0 Å². The molecule has 1 unspecified atom stereocenters. The molecule has 1 aromatic carbocycles. The Morgan fingerprint density at radius 2 is 2.00 bits per heavy atom. The Balaban J connectivity index is 2.03. The van der Waals surface area contributed by atoms with Crippen molar-refractivity contribution in [3.63, 3.8) is 0 Å². The fourth-order valence-electron chi connectivity index (χ4n) is 3.02. The molecule has 3 N–H and O–H groups in total. The summed E-state index contributed by atoms with van der Waals surface area (Å²) in [6, 6.07) is 11.6. The minimum atomic E-state index is -0.352. The van der Waals surface area contributed by atoms with Crippen LogP contribution in [0.15, 0.2) is 36.4 Å². The average molecular weight is 358 g/mol. The summed E-state index contributed by atoms with van der Waals surface area (Å²) in [5.74, 6) is 0.672. The van der Waals surface area contributed by atoms with E-state index in [4.69, 9.17) is 0 Å². The second-order valence-corrected chi connectivity index (χ2v) is 7.34. The van der Waals surface area contributed by atoms with Crippen LogP contribution >= 0.6 is 0 Å². The van der Waals surface area contributed by atoms with Crippen LogP contribution in [0, 0.1) is 5.41 Å². The highest BCUT2D eigenvalue weighted by Gasteiger charge is 2.30. The zero-order valence-electron chi connectivity index (χ0n) is 16.1. The number of amides is 2. The van der Waals surface area contributed by atoms with Crippen molar-refractivity contribution in [2.75, 3.05) is 18.5 Å². The van der Waals surface area contributed by atoms with Gasteiger partial charge in [0.05, 0.1) is 5.69 Å². The van der Waals surface area contributed by atoms with Crippen molar-refractivity contribution in [3.05, 3.63) is 47.7 Å². The van der Waals surface area contributed by atoms with Crippen LogP contribution in [0.4, 0.5) is 10.6 Å². The number of nitrogens with one attached hydrogen (secondary N) is 2. The number of aliphatic hydroxyl groups is 1. The largest absolute Gasteiger partial charge is 0.396 e. The van der Waals surface area contributed by atoms with Gasteiger partial charge < -0.3 is 10.4 Å². The third-order valence-electron chi connectivity index (χ3n) is 4.70. The lowest BCUT2D eigenvalue weighted by Crippen LogP contribution is -2.38. The van der Waals surface area contributed by atoms with Crippen LogP contribution in [0.2, 0.25) is 0 Å². The van der Waals surface area contributed by atoms with Gasteiger partial charge in [0, 0.05) is 32.2 Å². The van der Waals surface area contributed by atoms with Gasteiger partial charge in [-0.15, -0.1) is 0 Å². The van der Waals surface area contributed by atoms with Gasteiger partial charge in [0.2, 0.25) is 0 Å². The molecule has 142 valence electrons. The highest BCUT2D eigenvalue weighted by Crippen LogP contribution is 2.34. The predicted octanol–water partition coefficient (Wildman–Crippen LogP) is 3.30. The fourth-order valence-corrected chi connectivity index (χ4v) is 3.02. The SMILES string of the molecule is CCCc1cc(NC(=O)NCC(c2ccccc2)C(C)(C)CO)n(C)n1. The second-order valence-electron chi connectivity index (χ2n) is 7.34. The Morgan fingerprint density at radius 1 is 1.31 bits per heavy atom. The summed E-state index contributed by atoms with van der Waals surface area (Å²) in [5, 5.41) is 20.0. The standard InChI is InChI=1S/C20H30N4O2/c1-5-9-16-12-18(24(4)23-16)22-19(26)21-13-17(20(2,3)14-25)15-10-7-6-8-11-15/h6-8,10-12,17,25H,5,9,13-14H2,1-4H3,(H2,21,22,26). The highest BCUT2D eigenvalue weighted by atomic mass is 16.3. The molecule has 1 atom stereocenters. The summed E-state index contributed by atoms with van der Waals surface area (Å²) in [5.41, 5.74) is 1.71. The lowest BCUT2D eigenvalue weighted by Gasteiger charge is -2.33. The van der Waals surface area contributed by atoms with Crippen molar-refractivity contribution < 1.29 is 9.90 Å². The molecule has 1 heterocycles. The molecule has 2 rings (SSSR count). The van der Waals surface area contributed by atoms with Crippen molar-refractivity contribution in [1.29, 1.82) is 0 Å². The van der Waals surface area contributed by atoms with Gasteiger partial charge in [-0.2, -0.15) is 5.10 Å². The third kappa shape index (κ3) is 5.08. The van der Waals surface area contributed by atoms with Gasteiger partial charge in [-0.25, -0.2) is 4.79 Å². The second kappa shape index (κ2) is 8.85. The van der Waals surface area contributed by atoms with Crippen LogP contribution in [0.25, 0.3) is 0 Å². The van der Waals surface area contributed by atoms with Crippen LogP contribution in [0.3, 0.4) is 0 Å². The van der Waals surface area contributed by atoms with Gasteiger partial charge in [-0.3, -0.25) is 10.00 Å². The van der Waals surface area contributed by atoms with Crippen molar-refractivity contribution >= 4 is 11.8 Å². The first-order valence-electron chi connectivity index (χ1n) is 9.11. The zero-order valence-corrected chi connectivity index (χ0v) is 16.1. The highest BCUT2D eigenvalue weighted by molar-refractivity contribution is 5.88. The number of hydrogen-bond acceptors (Lipinski definition) is 3. The van der Waals surface area contributed by atoms with Crippen LogP contribution in [0.1, 0.15) is 44.4 Å². The van der Waals surface area contributed by atoms with Gasteiger partial charge in [-0.1, -0.05) is 57.5 Å². The molecular weight excluding hydrogens is 328 g/mol. The maximum atomic E-state index is 12.4. The van der Waals surface area contributed by atoms with E-state index in [9.17, 15) is 9.90 Å². The Bertz CT molecular complexity index is 710. The minimum Gasteiger partial charge on any atom is -0.396 e. The number of anilines is 1. The third-order valence-corrected chi connectivity index (χ3v) is 4.70. The van der Waals surface area contributed by atoms with E-state index in [0.717, 1.165) is 24.1 Å². The maximum absolute atomic E-state index is 12.4. The summed E-state index contributed by atoms with van der Waals surface area (Å²) < 4.78 is 1.68. The first-order chi connectivity index (χ1) is 12.4. The van der Waals surface area contributed by atoms with E-state index in [1.165, 1.54) is 0 Å². The molecule has 0 saturated carbocycles. The maximum Gasteiger partial charge on any atom is 0.320 e. The first-order valence-corrected chi connectivity index (χ1v) is 9.11. The number of aryl methyl sites for hydroxylation is 2. The molecule has 0 radical (unpaired) electrons. The number of rotatable bonds is 8. The molecular formula is C20H30N4O2. The molecule has 0 aliphatic heterocycles. The van der Waals surface area contributed by atoms with Crippen molar-refractivity contribution in [2.45, 2.75) is 39.5 Å². The summed E-state index contributed by atoms with van der Waals surface area (Å²) in [7, 11) is 1.82. The van der Waals surface area contributed by atoms with E-state index in [1.54, 1.807) is 4.68 Å². The Kier molecular flexibility index (Phi) is 6.80. The smallest absolute Gasteiger partial charge is 0.320 e. The molecule has 2 amide bonds. The molecule has 0 aliphatic rings. The first kappa shape index (κ1) is 20.0. The zero-order chi connectivity index (χ0) is 19.2. The van der Waals surface area contributed by atoms with E-state index in [0.29, 0.717) is 12.4 Å². The van der Waals surface area contributed by atoms with Gasteiger partial charge in [-0.05, 0) is 17.4 Å². The van der Waals surface area contributed by atoms with Crippen molar-refractivity contribution in [2.24, 2.45) is 12.5 Å². The Labute approximate surface area is 155 Å². The quantitative estimate of drug-likeness (QED) is 0.677. The minimum absolute atomic E-state index is 0.00152. The van der Waals surface area contributed by atoms with Gasteiger partial charge in [0.25, 0.3) is 0 Å². The summed E-state index contributed by atoms with van der Waals surface area (Å²) in [4.78, 5) is 12.4. The van der Waals surface area contributed by atoms with E-state index < -0.39 is 0 Å². The van der Waals surface area contributed by atoms with E-state index in [1.807, 2.05) is 57.3 Å². The van der Waals surface area contributed by atoms with Crippen molar-refractivity contribution in [1.82, 2.24) is 15.1 Å². The normalized spacial score (nSPS) is 12.7. The number of benzene rings is 1. The predicted molar refractivity (Wildman–Crippen MR) is 104 cm³/mol. The number of aromatic nitrogens is 2. The molecule has 0 aliphatic carbocycles. The number of aliphatic hydroxyl groups excluding tert-OH is 1. The molecule has 2 aromatic rings. The molecule has 26 heavy (non-hydrogen) atoms. The van der Waals surface area contributed by atoms with Crippen LogP contribution in [0.5, 0.6) is 0 Å². The molecule has 0 saturated heterocycles. The van der Waals surface area contributed by atoms with Gasteiger partial charge in [0.15, 0.2) is 0 Å². The number of carbonyl (C=O) groups excluding carboxylic acids is 1. The number of nitrogens with zero attached hydrogens (tertiary/aromatic N) is 2. The molecule has 0 fully saturated rings. The van der Waals surface area contributed by atoms with Crippen LogP contribution in [-0.4, -0.2) is 34.1 Å². The number of urea groups is 1. The van der Waals surface area contributed by atoms with E-state index in [-0.39, 0.29) is 24.0 Å². The Morgan fingerprint density at radius 3 is 2.62 bits per heavy atom. The Hall–Kier alpha value is -2.34. The topological polar surface area (TPSA) is 79.2 Å². The molecule has 0 spiro atoms.